The maximum Gasteiger partial charge on any atom is 0.119 e. The van der Waals surface area contributed by atoms with Crippen LogP contribution in [0.4, 0.5) is 0 Å². The Morgan fingerprint density at radius 1 is 1.00 bits per heavy atom. The lowest BCUT2D eigenvalue weighted by molar-refractivity contribution is 0.306. The number of alkyl halides is 2. The molecule has 90 valence electrons. The van der Waals surface area contributed by atoms with Crippen LogP contribution in [0.25, 0.3) is 0 Å². The van der Waals surface area contributed by atoms with E-state index < -0.39 is 0 Å². The van der Waals surface area contributed by atoms with Gasteiger partial charge in [0.25, 0.3) is 0 Å². The summed E-state index contributed by atoms with van der Waals surface area (Å²) in [5.41, 5.74) is 2.12. The molecule has 1 aromatic carbocycles. The van der Waals surface area contributed by atoms with Gasteiger partial charge in [0.15, 0.2) is 0 Å². The number of benzene rings is 1. The number of halogens is 2. The molecule has 0 N–H and O–H groups in total. The fourth-order valence-corrected chi connectivity index (χ4v) is 1.82. The highest BCUT2D eigenvalue weighted by Crippen LogP contribution is 2.20. The molecule has 0 atom stereocenters. The molecule has 1 rings (SSSR count). The molecule has 0 saturated carbocycles. The number of ether oxygens (including phenoxy) is 1. The summed E-state index contributed by atoms with van der Waals surface area (Å²) in [5.74, 6) is 1.87. The van der Waals surface area contributed by atoms with Crippen molar-refractivity contribution in [3.63, 3.8) is 0 Å². The molecule has 0 radical (unpaired) electrons. The predicted molar refractivity (Wildman–Crippen MR) is 70.6 cm³/mol. The first-order valence-electron chi connectivity index (χ1n) is 5.67. The van der Waals surface area contributed by atoms with Crippen molar-refractivity contribution in [1.82, 2.24) is 0 Å². The molecule has 0 spiro atoms. The zero-order valence-electron chi connectivity index (χ0n) is 9.64. The van der Waals surface area contributed by atoms with Gasteiger partial charge in [-0.1, -0.05) is 25.8 Å². The zero-order valence-corrected chi connectivity index (χ0v) is 11.2. The van der Waals surface area contributed by atoms with Gasteiger partial charge in [-0.25, -0.2) is 0 Å². The lowest BCUT2D eigenvalue weighted by atomic mass is 10.1. The van der Waals surface area contributed by atoms with Crippen molar-refractivity contribution in [3.05, 3.63) is 29.3 Å². The van der Waals surface area contributed by atoms with Crippen LogP contribution < -0.4 is 4.74 Å². The largest absolute Gasteiger partial charge is 0.494 e. The van der Waals surface area contributed by atoms with Gasteiger partial charge < -0.3 is 4.74 Å². The summed E-state index contributed by atoms with van der Waals surface area (Å²) in [5, 5.41) is 0. The second kappa shape index (κ2) is 7.81. The highest BCUT2D eigenvalue weighted by Gasteiger charge is 2.01. The fourth-order valence-electron chi connectivity index (χ4n) is 1.51. The van der Waals surface area contributed by atoms with Gasteiger partial charge in [0.2, 0.25) is 0 Å². The molecule has 0 aliphatic rings. The van der Waals surface area contributed by atoms with E-state index in [4.69, 9.17) is 27.9 Å². The molecule has 0 aliphatic carbocycles. The highest BCUT2D eigenvalue weighted by atomic mass is 35.5. The van der Waals surface area contributed by atoms with E-state index in [-0.39, 0.29) is 0 Å². The Morgan fingerprint density at radius 3 is 2.12 bits per heavy atom. The van der Waals surface area contributed by atoms with Gasteiger partial charge in [-0.15, -0.1) is 23.2 Å². The minimum atomic E-state index is 0.496. The molecule has 0 heterocycles. The third-order valence-electron chi connectivity index (χ3n) is 2.35. The first kappa shape index (κ1) is 13.7. The molecule has 1 aromatic rings. The number of rotatable bonds is 7. The Morgan fingerprint density at radius 2 is 1.62 bits per heavy atom. The Hall–Kier alpha value is -0.400. The standard InChI is InChI=1S/C13H18Cl2O/c1-2-3-4-5-16-13-7-11(9-14)6-12(8-13)10-15/h6-8H,2-5,9-10H2,1H3. The highest BCUT2D eigenvalue weighted by molar-refractivity contribution is 6.17. The SMILES string of the molecule is CCCCCOc1cc(CCl)cc(CCl)c1. The van der Waals surface area contributed by atoms with Gasteiger partial charge in [-0.05, 0) is 29.7 Å². The first-order chi connectivity index (χ1) is 7.80. The van der Waals surface area contributed by atoms with Crippen LogP contribution in [0.3, 0.4) is 0 Å². The molecular weight excluding hydrogens is 243 g/mol. The van der Waals surface area contributed by atoms with Crippen LogP contribution in [0.15, 0.2) is 18.2 Å². The Labute approximate surface area is 108 Å². The molecule has 0 saturated heterocycles. The maximum atomic E-state index is 5.81. The topological polar surface area (TPSA) is 9.23 Å². The first-order valence-corrected chi connectivity index (χ1v) is 6.74. The molecule has 1 nitrogen and oxygen atoms in total. The van der Waals surface area contributed by atoms with Crippen LogP contribution in [-0.4, -0.2) is 6.61 Å². The number of unbranched alkanes of at least 4 members (excludes halogenated alkanes) is 2. The summed E-state index contributed by atoms with van der Waals surface area (Å²) in [6.07, 6.45) is 3.51. The van der Waals surface area contributed by atoms with Crippen LogP contribution in [0.1, 0.15) is 37.3 Å². The van der Waals surface area contributed by atoms with E-state index in [1.54, 1.807) is 0 Å². The molecule has 0 unspecified atom stereocenters. The summed E-state index contributed by atoms with van der Waals surface area (Å²) in [7, 11) is 0. The second-order valence-electron chi connectivity index (χ2n) is 3.81. The lowest BCUT2D eigenvalue weighted by Gasteiger charge is -2.09. The quantitative estimate of drug-likeness (QED) is 0.509. The van der Waals surface area contributed by atoms with Gasteiger partial charge in [0.1, 0.15) is 5.75 Å². The lowest BCUT2D eigenvalue weighted by Crippen LogP contribution is -1.98. The van der Waals surface area contributed by atoms with Crippen molar-refractivity contribution < 1.29 is 4.74 Å². The van der Waals surface area contributed by atoms with E-state index >= 15 is 0 Å². The molecule has 0 fully saturated rings. The van der Waals surface area contributed by atoms with Crippen LogP contribution in [0, 0.1) is 0 Å². The van der Waals surface area contributed by atoms with E-state index in [0.29, 0.717) is 11.8 Å². The predicted octanol–water partition coefficient (Wildman–Crippen LogP) is 4.73. The van der Waals surface area contributed by atoms with Crippen molar-refractivity contribution in [2.24, 2.45) is 0 Å². The molecule has 0 aromatic heterocycles. The van der Waals surface area contributed by atoms with Gasteiger partial charge in [-0.3, -0.25) is 0 Å². The van der Waals surface area contributed by atoms with E-state index in [9.17, 15) is 0 Å². The van der Waals surface area contributed by atoms with Crippen molar-refractivity contribution in [1.29, 1.82) is 0 Å². The summed E-state index contributed by atoms with van der Waals surface area (Å²) in [4.78, 5) is 0. The molecular formula is C13H18Cl2O. The summed E-state index contributed by atoms with van der Waals surface area (Å²) < 4.78 is 5.68. The molecule has 16 heavy (non-hydrogen) atoms. The maximum absolute atomic E-state index is 5.81. The van der Waals surface area contributed by atoms with Crippen LogP contribution >= 0.6 is 23.2 Å². The minimum Gasteiger partial charge on any atom is -0.494 e. The molecule has 0 amide bonds. The van der Waals surface area contributed by atoms with Gasteiger partial charge in [-0.2, -0.15) is 0 Å². The minimum absolute atomic E-state index is 0.496. The molecule has 0 aliphatic heterocycles. The summed E-state index contributed by atoms with van der Waals surface area (Å²) in [6.45, 7) is 2.95. The third kappa shape index (κ3) is 4.63. The van der Waals surface area contributed by atoms with Crippen molar-refractivity contribution >= 4 is 23.2 Å². The average Bonchev–Trinajstić information content (AvgIpc) is 2.34. The monoisotopic (exact) mass is 260 g/mol. The van der Waals surface area contributed by atoms with Crippen LogP contribution in [0.5, 0.6) is 5.75 Å². The normalized spacial score (nSPS) is 10.4. The Kier molecular flexibility index (Phi) is 6.67. The van der Waals surface area contributed by atoms with E-state index in [1.807, 2.05) is 18.2 Å². The van der Waals surface area contributed by atoms with Crippen molar-refractivity contribution in [2.45, 2.75) is 37.9 Å². The Balaban J connectivity index is 2.57. The fraction of sp³-hybridized carbons (Fsp3) is 0.538. The summed E-state index contributed by atoms with van der Waals surface area (Å²) >= 11 is 11.6. The van der Waals surface area contributed by atoms with Gasteiger partial charge in [0.05, 0.1) is 6.61 Å². The Bertz CT molecular complexity index is 291. The number of hydrogen-bond donors (Lipinski definition) is 0. The van der Waals surface area contributed by atoms with Gasteiger partial charge >= 0.3 is 0 Å². The smallest absolute Gasteiger partial charge is 0.119 e. The molecule has 3 heteroatoms. The van der Waals surface area contributed by atoms with Crippen LogP contribution in [0.2, 0.25) is 0 Å². The van der Waals surface area contributed by atoms with E-state index in [0.717, 1.165) is 29.9 Å². The summed E-state index contributed by atoms with van der Waals surface area (Å²) in [6, 6.07) is 5.98. The van der Waals surface area contributed by atoms with Crippen molar-refractivity contribution in [2.75, 3.05) is 6.61 Å². The molecule has 0 bridgehead atoms. The van der Waals surface area contributed by atoms with E-state index in [1.165, 1.54) is 12.8 Å². The van der Waals surface area contributed by atoms with Crippen molar-refractivity contribution in [3.8, 4) is 5.75 Å². The van der Waals surface area contributed by atoms with E-state index in [2.05, 4.69) is 6.92 Å². The average molecular weight is 261 g/mol. The third-order valence-corrected chi connectivity index (χ3v) is 2.97. The second-order valence-corrected chi connectivity index (χ2v) is 4.34. The zero-order chi connectivity index (χ0) is 11.8. The van der Waals surface area contributed by atoms with Gasteiger partial charge in [0, 0.05) is 11.8 Å². The number of hydrogen-bond acceptors (Lipinski definition) is 1. The van der Waals surface area contributed by atoms with Crippen LogP contribution in [-0.2, 0) is 11.8 Å².